The molecule has 0 rings (SSSR count). The minimum Gasteiger partial charge on any atom is -0.462 e. The Bertz CT molecular complexity index is 1620. The van der Waals surface area contributed by atoms with Gasteiger partial charge < -0.3 is 14.2 Å². The molecule has 0 aromatic heterocycles. The number of hydrogen-bond donors (Lipinski definition) is 0. The lowest BCUT2D eigenvalue weighted by Crippen LogP contribution is -2.30. The van der Waals surface area contributed by atoms with Crippen molar-refractivity contribution in [3.63, 3.8) is 0 Å². The van der Waals surface area contributed by atoms with E-state index in [1.165, 1.54) is 128 Å². The highest BCUT2D eigenvalue weighted by Gasteiger charge is 2.19. The number of esters is 3. The van der Waals surface area contributed by atoms with Crippen LogP contribution in [0.15, 0.2) is 134 Å². The van der Waals surface area contributed by atoms with Crippen molar-refractivity contribution >= 4 is 17.9 Å². The van der Waals surface area contributed by atoms with Crippen molar-refractivity contribution < 1.29 is 28.6 Å². The second kappa shape index (κ2) is 62.1. The zero-order chi connectivity index (χ0) is 54.3. The van der Waals surface area contributed by atoms with Gasteiger partial charge in [-0.15, -0.1) is 0 Å². The fourth-order valence-corrected chi connectivity index (χ4v) is 8.04. The first-order valence-electron chi connectivity index (χ1n) is 30.7. The summed E-state index contributed by atoms with van der Waals surface area (Å²) in [4.78, 5) is 38.2. The van der Waals surface area contributed by atoms with Crippen molar-refractivity contribution in [3.05, 3.63) is 134 Å². The van der Waals surface area contributed by atoms with Crippen molar-refractivity contribution in [3.8, 4) is 0 Å². The van der Waals surface area contributed by atoms with E-state index in [-0.39, 0.29) is 44.0 Å². The first-order chi connectivity index (χ1) is 37.0. The molecule has 6 heteroatoms. The van der Waals surface area contributed by atoms with Crippen LogP contribution in [0, 0.1) is 0 Å². The molecule has 0 saturated heterocycles. The molecule has 0 fully saturated rings. The summed E-state index contributed by atoms with van der Waals surface area (Å²) >= 11 is 0. The molecule has 0 heterocycles. The van der Waals surface area contributed by atoms with E-state index < -0.39 is 6.10 Å². The molecule has 0 radical (unpaired) electrons. The molecule has 0 N–H and O–H groups in total. The number of hydrogen-bond acceptors (Lipinski definition) is 6. The minimum atomic E-state index is -0.837. The molecule has 1 atom stereocenters. The van der Waals surface area contributed by atoms with Gasteiger partial charge in [0.1, 0.15) is 13.2 Å². The maximum Gasteiger partial charge on any atom is 0.306 e. The number of ether oxygens (including phenoxy) is 3. The van der Waals surface area contributed by atoms with E-state index in [0.29, 0.717) is 19.3 Å². The van der Waals surface area contributed by atoms with Gasteiger partial charge >= 0.3 is 17.9 Å². The molecule has 0 aliphatic rings. The summed E-state index contributed by atoms with van der Waals surface area (Å²) in [5.41, 5.74) is 0. The van der Waals surface area contributed by atoms with Gasteiger partial charge in [0.2, 0.25) is 0 Å². The molecule has 75 heavy (non-hydrogen) atoms. The van der Waals surface area contributed by atoms with Gasteiger partial charge in [-0.05, 0) is 122 Å². The largest absolute Gasteiger partial charge is 0.462 e. The highest BCUT2D eigenvalue weighted by Crippen LogP contribution is 2.15. The SMILES string of the molecule is CC/C=C\C/C=C\C/C=C\C/C=C\C/C=C\C/C=C\CCC(=O)OC[C@H](COC(=O)CCC/C=C\C/C=C\C/C=C\C/C=C\CCCCC)OC(=O)CCCCCCCCCCCCC/C=C\CCCCCCCC. The fraction of sp³-hybridized carbons (Fsp3) is 0.638. The summed E-state index contributed by atoms with van der Waals surface area (Å²) in [6.07, 6.45) is 87.5. The van der Waals surface area contributed by atoms with Gasteiger partial charge in [-0.25, -0.2) is 0 Å². The predicted octanol–water partition coefficient (Wildman–Crippen LogP) is 21.0. The van der Waals surface area contributed by atoms with Crippen LogP contribution in [-0.4, -0.2) is 37.2 Å². The Morgan fingerprint density at radius 1 is 0.280 bits per heavy atom. The maximum atomic E-state index is 12.9. The summed E-state index contributed by atoms with van der Waals surface area (Å²) in [5.74, 6) is -1.07. The van der Waals surface area contributed by atoms with E-state index in [9.17, 15) is 14.4 Å². The average Bonchev–Trinajstić information content (AvgIpc) is 3.41. The van der Waals surface area contributed by atoms with Crippen LogP contribution in [0.4, 0.5) is 0 Å². The monoisotopic (exact) mass is 1040 g/mol. The van der Waals surface area contributed by atoms with E-state index in [1.54, 1.807) is 0 Å². The minimum absolute atomic E-state index is 0.133. The first-order valence-corrected chi connectivity index (χ1v) is 30.7. The smallest absolute Gasteiger partial charge is 0.306 e. The standard InChI is InChI=1S/C69H112O6/c1-4-7-10-13-16-19-22-25-28-31-33-34-36-39-42-45-48-51-54-57-60-63-69(72)75-66(64-73-67(70)61-58-55-52-49-46-43-40-37-30-27-24-21-18-15-12-9-6-3)65-74-68(71)62-59-56-53-50-47-44-41-38-35-32-29-26-23-20-17-14-11-8-5-2/h8,11,17-18,20-21,25-30,35,38,40,43-44,47,49,52-53,56,66H,4-7,9-10,12-16,19,22-24,31-34,36-37,39,41-42,45-46,48,50-51,54-55,57-65H2,1-3H3/b11-8-,20-17-,21-18-,28-25-,29-26-,30-27-,38-35-,43-40-,47-44-,52-49-,56-53-/t66-/m0/s1. The number of allylic oxidation sites excluding steroid dienone is 22. The van der Waals surface area contributed by atoms with Crippen molar-refractivity contribution in [2.75, 3.05) is 13.2 Å². The van der Waals surface area contributed by atoms with Gasteiger partial charge in [-0.2, -0.15) is 0 Å². The van der Waals surface area contributed by atoms with Crippen LogP contribution in [-0.2, 0) is 28.6 Å². The third-order valence-electron chi connectivity index (χ3n) is 12.6. The Kier molecular flexibility index (Phi) is 58.4. The molecule has 0 saturated carbocycles. The molecule has 0 spiro atoms. The molecule has 0 aromatic rings. The van der Waals surface area contributed by atoms with Gasteiger partial charge in [0.05, 0.1) is 0 Å². The molecule has 0 aliphatic carbocycles. The summed E-state index contributed by atoms with van der Waals surface area (Å²) in [6.45, 7) is 6.39. The summed E-state index contributed by atoms with van der Waals surface area (Å²) < 4.78 is 16.8. The molecule has 0 unspecified atom stereocenters. The topological polar surface area (TPSA) is 78.9 Å². The van der Waals surface area contributed by atoms with E-state index in [2.05, 4.69) is 148 Å². The Labute approximate surface area is 462 Å². The van der Waals surface area contributed by atoms with Crippen molar-refractivity contribution in [2.45, 2.75) is 271 Å². The summed E-state index contributed by atoms with van der Waals surface area (Å²) in [5, 5.41) is 0. The lowest BCUT2D eigenvalue weighted by Gasteiger charge is -2.18. The molecule has 6 nitrogen and oxygen atoms in total. The van der Waals surface area contributed by atoms with Crippen LogP contribution in [0.25, 0.3) is 0 Å². The quantitative estimate of drug-likeness (QED) is 0.0261. The Morgan fingerprint density at radius 2 is 0.560 bits per heavy atom. The van der Waals surface area contributed by atoms with Crippen LogP contribution < -0.4 is 0 Å². The number of unbranched alkanes of at least 4 members (excludes halogenated alkanes) is 21. The Balaban J connectivity index is 4.56. The van der Waals surface area contributed by atoms with Gasteiger partial charge in [-0.1, -0.05) is 257 Å². The van der Waals surface area contributed by atoms with Gasteiger partial charge in [0.25, 0.3) is 0 Å². The third kappa shape index (κ3) is 60.3. The van der Waals surface area contributed by atoms with E-state index in [1.807, 2.05) is 6.08 Å². The summed E-state index contributed by atoms with van der Waals surface area (Å²) in [7, 11) is 0. The lowest BCUT2D eigenvalue weighted by atomic mass is 10.0. The second-order valence-electron chi connectivity index (χ2n) is 19.9. The first kappa shape index (κ1) is 70.5. The van der Waals surface area contributed by atoms with Gasteiger partial charge in [-0.3, -0.25) is 14.4 Å². The van der Waals surface area contributed by atoms with Crippen LogP contribution in [0.1, 0.15) is 265 Å². The average molecular weight is 1040 g/mol. The molecule has 0 bridgehead atoms. The van der Waals surface area contributed by atoms with Gasteiger partial charge in [0.15, 0.2) is 6.10 Å². The van der Waals surface area contributed by atoms with Crippen LogP contribution in [0.2, 0.25) is 0 Å². The third-order valence-corrected chi connectivity index (χ3v) is 12.6. The Hall–Kier alpha value is -4.45. The normalized spacial score (nSPS) is 13.1. The fourth-order valence-electron chi connectivity index (χ4n) is 8.04. The molecule has 0 aromatic carbocycles. The van der Waals surface area contributed by atoms with Crippen LogP contribution >= 0.6 is 0 Å². The van der Waals surface area contributed by atoms with E-state index in [0.717, 1.165) is 83.5 Å². The number of rotatable bonds is 54. The van der Waals surface area contributed by atoms with Crippen molar-refractivity contribution in [2.24, 2.45) is 0 Å². The highest BCUT2D eigenvalue weighted by atomic mass is 16.6. The molecular weight excluding hydrogens is 925 g/mol. The predicted molar refractivity (Wildman–Crippen MR) is 325 cm³/mol. The highest BCUT2D eigenvalue weighted by molar-refractivity contribution is 5.71. The van der Waals surface area contributed by atoms with Crippen LogP contribution in [0.3, 0.4) is 0 Å². The van der Waals surface area contributed by atoms with Crippen LogP contribution in [0.5, 0.6) is 0 Å². The Morgan fingerprint density at radius 3 is 0.973 bits per heavy atom. The molecule has 0 amide bonds. The summed E-state index contributed by atoms with van der Waals surface area (Å²) in [6, 6.07) is 0. The van der Waals surface area contributed by atoms with E-state index in [4.69, 9.17) is 14.2 Å². The molecule has 424 valence electrons. The van der Waals surface area contributed by atoms with Gasteiger partial charge in [0, 0.05) is 19.3 Å². The van der Waals surface area contributed by atoms with Crippen molar-refractivity contribution in [1.29, 1.82) is 0 Å². The zero-order valence-corrected chi connectivity index (χ0v) is 48.5. The zero-order valence-electron chi connectivity index (χ0n) is 48.5. The molecular formula is C69H112O6. The second-order valence-corrected chi connectivity index (χ2v) is 19.9. The van der Waals surface area contributed by atoms with Crippen molar-refractivity contribution in [1.82, 2.24) is 0 Å². The maximum absolute atomic E-state index is 12.9. The number of carbonyl (C=O) groups excluding carboxylic acids is 3. The molecule has 0 aliphatic heterocycles. The van der Waals surface area contributed by atoms with E-state index >= 15 is 0 Å². The number of carbonyl (C=O) groups is 3. The lowest BCUT2D eigenvalue weighted by molar-refractivity contribution is -0.166.